The van der Waals surface area contributed by atoms with Gasteiger partial charge in [-0.25, -0.2) is 0 Å². The van der Waals surface area contributed by atoms with E-state index in [4.69, 9.17) is 0 Å². The van der Waals surface area contributed by atoms with Crippen LogP contribution in [-0.2, 0) is 10.8 Å². The van der Waals surface area contributed by atoms with E-state index in [-0.39, 0.29) is 0 Å². The highest BCUT2D eigenvalue weighted by atomic mass is 127. The summed E-state index contributed by atoms with van der Waals surface area (Å²) in [4.78, 5) is 0. The van der Waals surface area contributed by atoms with E-state index in [2.05, 4.69) is 69.4 Å². The van der Waals surface area contributed by atoms with E-state index < -0.39 is 0 Å². The summed E-state index contributed by atoms with van der Waals surface area (Å²) in [7, 11) is 0. The lowest BCUT2D eigenvalue weighted by Gasteiger charge is -1.98. The van der Waals surface area contributed by atoms with Crippen molar-refractivity contribution in [1.82, 2.24) is 0 Å². The first-order valence-electron chi connectivity index (χ1n) is 3.56. The van der Waals surface area contributed by atoms with E-state index in [0.717, 1.165) is 4.43 Å². The van der Waals surface area contributed by atoms with Gasteiger partial charge in [-0.1, -0.05) is 69.4 Å². The maximum Gasteiger partial charge on any atom is 0.0247 e. The summed E-state index contributed by atoms with van der Waals surface area (Å²) < 4.78 is 2.32. The first kappa shape index (κ1) is 9.77. The summed E-state index contributed by atoms with van der Waals surface area (Å²) in [5.41, 5.74) is 2.87. The summed E-state index contributed by atoms with van der Waals surface area (Å²) in [5, 5.41) is 0. The molecule has 0 fully saturated rings. The minimum atomic E-state index is 1.11. The zero-order chi connectivity index (χ0) is 8.10. The van der Waals surface area contributed by atoms with Crippen LogP contribution in [0.2, 0.25) is 0 Å². The Labute approximate surface area is 95.0 Å². The van der Waals surface area contributed by atoms with Crippen molar-refractivity contribution in [3.63, 3.8) is 0 Å². The summed E-state index contributed by atoms with van der Waals surface area (Å²) in [6, 6.07) is 8.89. The van der Waals surface area contributed by atoms with Gasteiger partial charge in [0.2, 0.25) is 0 Å². The molecule has 0 heterocycles. The SMILES string of the molecule is ICCc1ccc(CI)cc1. The topological polar surface area (TPSA) is 0 Å². The Kier molecular flexibility index (Phi) is 4.75. The highest BCUT2D eigenvalue weighted by Crippen LogP contribution is 2.09. The second kappa shape index (κ2) is 5.35. The molecule has 0 nitrogen and oxygen atoms in total. The minimum Gasteiger partial charge on any atom is -0.0860 e. The van der Waals surface area contributed by atoms with Crippen LogP contribution < -0.4 is 0 Å². The number of rotatable bonds is 3. The van der Waals surface area contributed by atoms with Gasteiger partial charge in [0.05, 0.1) is 0 Å². The van der Waals surface area contributed by atoms with Gasteiger partial charge in [0, 0.05) is 8.86 Å². The van der Waals surface area contributed by atoms with Crippen molar-refractivity contribution in [3.8, 4) is 0 Å². The molecule has 0 saturated heterocycles. The molecule has 1 aromatic rings. The van der Waals surface area contributed by atoms with E-state index in [1.165, 1.54) is 22.0 Å². The van der Waals surface area contributed by atoms with Crippen LogP contribution in [0.25, 0.3) is 0 Å². The van der Waals surface area contributed by atoms with Gasteiger partial charge in [-0.05, 0) is 17.5 Å². The van der Waals surface area contributed by atoms with E-state index in [9.17, 15) is 0 Å². The molecule has 0 unspecified atom stereocenters. The van der Waals surface area contributed by atoms with Gasteiger partial charge in [0.25, 0.3) is 0 Å². The van der Waals surface area contributed by atoms with Gasteiger partial charge in [-0.2, -0.15) is 0 Å². The van der Waals surface area contributed by atoms with Crippen molar-refractivity contribution < 1.29 is 0 Å². The van der Waals surface area contributed by atoms with Crippen LogP contribution in [0.3, 0.4) is 0 Å². The number of benzene rings is 1. The van der Waals surface area contributed by atoms with E-state index in [1.807, 2.05) is 0 Å². The smallest absolute Gasteiger partial charge is 0.0247 e. The number of hydrogen-bond acceptors (Lipinski definition) is 0. The maximum atomic E-state index is 2.41. The van der Waals surface area contributed by atoms with Crippen LogP contribution in [0, 0.1) is 0 Å². The Morgan fingerprint density at radius 3 is 1.91 bits per heavy atom. The zero-order valence-corrected chi connectivity index (χ0v) is 10.5. The van der Waals surface area contributed by atoms with Crippen LogP contribution in [0.5, 0.6) is 0 Å². The number of alkyl halides is 2. The molecule has 0 spiro atoms. The summed E-state index contributed by atoms with van der Waals surface area (Å²) in [6.45, 7) is 0. The molecule has 0 N–H and O–H groups in total. The first-order chi connectivity index (χ1) is 5.36. The average molecular weight is 372 g/mol. The van der Waals surface area contributed by atoms with Crippen LogP contribution in [0.1, 0.15) is 11.1 Å². The standard InChI is InChI=1S/C9H10I2/c10-6-5-8-1-3-9(7-11)4-2-8/h1-4H,5-7H2. The lowest BCUT2D eigenvalue weighted by molar-refractivity contribution is 1.17. The zero-order valence-electron chi connectivity index (χ0n) is 6.19. The molecule has 11 heavy (non-hydrogen) atoms. The fourth-order valence-electron chi connectivity index (χ4n) is 0.904. The third kappa shape index (κ3) is 3.27. The van der Waals surface area contributed by atoms with Crippen LogP contribution in [-0.4, -0.2) is 4.43 Å². The predicted octanol–water partition coefficient (Wildman–Crippen LogP) is 3.60. The fourth-order valence-corrected chi connectivity index (χ4v) is 2.04. The molecule has 0 amide bonds. The van der Waals surface area contributed by atoms with Crippen LogP contribution in [0.15, 0.2) is 24.3 Å². The van der Waals surface area contributed by atoms with Crippen LogP contribution in [0.4, 0.5) is 0 Å². The van der Waals surface area contributed by atoms with Gasteiger partial charge in [0.1, 0.15) is 0 Å². The average Bonchev–Trinajstić information content (AvgIpc) is 2.07. The molecule has 60 valence electrons. The molecule has 1 aromatic carbocycles. The van der Waals surface area contributed by atoms with Crippen molar-refractivity contribution in [1.29, 1.82) is 0 Å². The fraction of sp³-hybridized carbons (Fsp3) is 0.333. The number of halogens is 2. The van der Waals surface area contributed by atoms with Gasteiger partial charge < -0.3 is 0 Å². The lowest BCUT2D eigenvalue weighted by Crippen LogP contribution is -1.85. The normalized spacial score (nSPS) is 10.0. The first-order valence-corrected chi connectivity index (χ1v) is 6.61. The molecule has 0 aromatic heterocycles. The number of aryl methyl sites for hydroxylation is 1. The largest absolute Gasteiger partial charge is 0.0860 e. The highest BCUT2D eigenvalue weighted by molar-refractivity contribution is 14.1. The molecular weight excluding hydrogens is 362 g/mol. The molecule has 0 aliphatic heterocycles. The molecule has 0 bridgehead atoms. The summed E-state index contributed by atoms with van der Waals surface area (Å²) >= 11 is 4.79. The Morgan fingerprint density at radius 1 is 0.909 bits per heavy atom. The Balaban J connectivity index is 2.66. The Hall–Kier alpha value is 0.680. The molecule has 0 aliphatic rings. The molecule has 0 atom stereocenters. The van der Waals surface area contributed by atoms with Gasteiger partial charge >= 0.3 is 0 Å². The third-order valence-electron chi connectivity index (χ3n) is 1.56. The Bertz CT molecular complexity index is 203. The maximum absolute atomic E-state index is 2.41. The van der Waals surface area contributed by atoms with Crippen molar-refractivity contribution in [3.05, 3.63) is 35.4 Å². The van der Waals surface area contributed by atoms with Crippen molar-refractivity contribution in [2.45, 2.75) is 10.8 Å². The quantitative estimate of drug-likeness (QED) is 0.562. The van der Waals surface area contributed by atoms with Crippen molar-refractivity contribution in [2.24, 2.45) is 0 Å². The highest BCUT2D eigenvalue weighted by Gasteiger charge is 1.91. The summed E-state index contributed by atoms with van der Waals surface area (Å²) in [5.74, 6) is 0. The van der Waals surface area contributed by atoms with Gasteiger partial charge in [-0.15, -0.1) is 0 Å². The van der Waals surface area contributed by atoms with E-state index in [0.29, 0.717) is 0 Å². The molecule has 2 heteroatoms. The third-order valence-corrected chi connectivity index (χ3v) is 2.98. The molecule has 1 rings (SSSR count). The molecule has 0 saturated carbocycles. The predicted molar refractivity (Wildman–Crippen MR) is 66.8 cm³/mol. The monoisotopic (exact) mass is 372 g/mol. The molecular formula is C9H10I2. The van der Waals surface area contributed by atoms with Gasteiger partial charge in [-0.3, -0.25) is 0 Å². The second-order valence-corrected chi connectivity index (χ2v) is 4.23. The summed E-state index contributed by atoms with van der Waals surface area (Å²) in [6.07, 6.45) is 1.20. The number of hydrogen-bond donors (Lipinski definition) is 0. The van der Waals surface area contributed by atoms with Crippen LogP contribution >= 0.6 is 45.2 Å². The second-order valence-electron chi connectivity index (χ2n) is 2.39. The molecule has 0 radical (unpaired) electrons. The molecule has 0 aliphatic carbocycles. The van der Waals surface area contributed by atoms with Crippen molar-refractivity contribution in [2.75, 3.05) is 4.43 Å². The van der Waals surface area contributed by atoms with E-state index >= 15 is 0 Å². The van der Waals surface area contributed by atoms with Gasteiger partial charge in [0.15, 0.2) is 0 Å². The minimum absolute atomic E-state index is 1.11. The van der Waals surface area contributed by atoms with E-state index in [1.54, 1.807) is 0 Å². The Morgan fingerprint density at radius 2 is 1.45 bits per heavy atom. The lowest BCUT2D eigenvalue weighted by atomic mass is 10.1. The van der Waals surface area contributed by atoms with Crippen molar-refractivity contribution >= 4 is 45.2 Å².